The highest BCUT2D eigenvalue weighted by Gasteiger charge is 2.23. The highest BCUT2D eigenvalue weighted by molar-refractivity contribution is 6.02. The molecule has 29 heavy (non-hydrogen) atoms. The van der Waals surface area contributed by atoms with E-state index in [9.17, 15) is 9.59 Å². The number of hydrogen-bond acceptors (Lipinski definition) is 5. The monoisotopic (exact) mass is 394 g/mol. The topological polar surface area (TPSA) is 68.2 Å². The van der Waals surface area contributed by atoms with E-state index in [0.717, 1.165) is 16.8 Å². The maximum atomic E-state index is 12.3. The van der Waals surface area contributed by atoms with E-state index in [4.69, 9.17) is 9.47 Å². The first-order valence-corrected chi connectivity index (χ1v) is 9.66. The number of esters is 1. The zero-order valence-electron chi connectivity index (χ0n) is 17.1. The van der Waals surface area contributed by atoms with Crippen molar-refractivity contribution in [1.82, 2.24) is 5.01 Å². The minimum absolute atomic E-state index is 0.110. The van der Waals surface area contributed by atoms with Gasteiger partial charge in [0.15, 0.2) is 13.2 Å². The van der Waals surface area contributed by atoms with Gasteiger partial charge >= 0.3 is 5.97 Å². The van der Waals surface area contributed by atoms with Gasteiger partial charge in [-0.3, -0.25) is 4.79 Å². The second-order valence-corrected chi connectivity index (χ2v) is 7.88. The van der Waals surface area contributed by atoms with Crippen molar-refractivity contribution in [2.45, 2.75) is 32.6 Å². The van der Waals surface area contributed by atoms with Gasteiger partial charge in [-0.05, 0) is 22.6 Å². The van der Waals surface area contributed by atoms with Crippen LogP contribution < -0.4 is 4.74 Å². The lowest BCUT2D eigenvalue weighted by molar-refractivity contribution is -0.153. The van der Waals surface area contributed by atoms with Crippen LogP contribution in [0.15, 0.2) is 59.7 Å². The highest BCUT2D eigenvalue weighted by atomic mass is 16.6. The molecule has 1 amide bonds. The Balaban J connectivity index is 1.49. The Hall–Kier alpha value is -3.15. The van der Waals surface area contributed by atoms with Crippen LogP contribution in [-0.4, -0.2) is 42.4 Å². The van der Waals surface area contributed by atoms with Crippen molar-refractivity contribution in [2.75, 3.05) is 19.8 Å². The number of carbonyl (C=O) groups is 2. The molecule has 1 aliphatic heterocycles. The summed E-state index contributed by atoms with van der Waals surface area (Å²) >= 11 is 0. The van der Waals surface area contributed by atoms with Crippen molar-refractivity contribution in [3.05, 3.63) is 65.7 Å². The van der Waals surface area contributed by atoms with Gasteiger partial charge in [-0.2, -0.15) is 5.10 Å². The maximum Gasteiger partial charge on any atom is 0.344 e. The van der Waals surface area contributed by atoms with Gasteiger partial charge in [0.25, 0.3) is 5.91 Å². The lowest BCUT2D eigenvalue weighted by Gasteiger charge is -2.22. The van der Waals surface area contributed by atoms with Crippen LogP contribution in [0, 0.1) is 0 Å². The van der Waals surface area contributed by atoms with Gasteiger partial charge in [-0.1, -0.05) is 69.3 Å². The van der Waals surface area contributed by atoms with E-state index in [1.165, 1.54) is 5.01 Å². The zero-order chi connectivity index (χ0) is 20.9. The minimum atomic E-state index is -0.589. The third-order valence-electron chi connectivity index (χ3n) is 4.59. The fourth-order valence-electron chi connectivity index (χ4n) is 3.08. The standard InChI is InChI=1S/C23H26N2O4/c1-23(2,3)18-11-7-8-12-20(18)28-16-22(27)29-15-21(26)25-14-13-19(24-25)17-9-5-4-6-10-17/h4-12H,13-16H2,1-3H3. The fraction of sp³-hybridized carbons (Fsp3) is 0.348. The number of carbonyl (C=O) groups excluding carboxylic acids is 2. The Morgan fingerprint density at radius 2 is 1.69 bits per heavy atom. The summed E-state index contributed by atoms with van der Waals surface area (Å²) in [7, 11) is 0. The lowest BCUT2D eigenvalue weighted by atomic mass is 9.86. The molecular weight excluding hydrogens is 368 g/mol. The molecule has 0 aliphatic carbocycles. The molecule has 0 atom stereocenters. The van der Waals surface area contributed by atoms with E-state index in [2.05, 4.69) is 25.9 Å². The van der Waals surface area contributed by atoms with Gasteiger partial charge < -0.3 is 9.47 Å². The SMILES string of the molecule is CC(C)(C)c1ccccc1OCC(=O)OCC(=O)N1CCC(c2ccccc2)=N1. The molecule has 6 heteroatoms. The van der Waals surface area contributed by atoms with E-state index in [1.54, 1.807) is 0 Å². The summed E-state index contributed by atoms with van der Waals surface area (Å²) in [5.41, 5.74) is 2.74. The Bertz CT molecular complexity index is 901. The van der Waals surface area contributed by atoms with Gasteiger partial charge in [0, 0.05) is 6.42 Å². The molecule has 0 radical (unpaired) electrons. The zero-order valence-corrected chi connectivity index (χ0v) is 17.1. The first-order chi connectivity index (χ1) is 13.8. The van der Waals surface area contributed by atoms with Crippen molar-refractivity contribution in [3.8, 4) is 5.75 Å². The van der Waals surface area contributed by atoms with E-state index < -0.39 is 5.97 Å². The first-order valence-electron chi connectivity index (χ1n) is 9.66. The van der Waals surface area contributed by atoms with Crippen LogP contribution in [0.1, 0.15) is 38.3 Å². The summed E-state index contributed by atoms with van der Waals surface area (Å²) in [6.07, 6.45) is 0.677. The summed E-state index contributed by atoms with van der Waals surface area (Å²) in [6, 6.07) is 17.3. The third-order valence-corrected chi connectivity index (χ3v) is 4.59. The smallest absolute Gasteiger partial charge is 0.344 e. The van der Waals surface area contributed by atoms with Crippen LogP contribution in [0.4, 0.5) is 0 Å². The lowest BCUT2D eigenvalue weighted by Crippen LogP contribution is -2.30. The van der Waals surface area contributed by atoms with E-state index in [1.807, 2.05) is 54.6 Å². The summed E-state index contributed by atoms with van der Waals surface area (Å²) in [5.74, 6) is -0.298. The molecule has 0 aromatic heterocycles. The molecule has 0 N–H and O–H groups in total. The summed E-state index contributed by atoms with van der Waals surface area (Å²) in [5, 5.41) is 5.70. The van der Waals surface area contributed by atoms with Gasteiger partial charge in [-0.15, -0.1) is 0 Å². The van der Waals surface area contributed by atoms with Gasteiger partial charge in [0.2, 0.25) is 0 Å². The molecule has 3 rings (SSSR count). The number of hydrazone groups is 1. The van der Waals surface area contributed by atoms with Crippen LogP contribution >= 0.6 is 0 Å². The number of ether oxygens (including phenoxy) is 2. The molecule has 2 aromatic carbocycles. The molecule has 2 aromatic rings. The number of para-hydroxylation sites is 1. The predicted molar refractivity (Wildman–Crippen MR) is 111 cm³/mol. The highest BCUT2D eigenvalue weighted by Crippen LogP contribution is 2.30. The number of amides is 1. The second kappa shape index (κ2) is 8.90. The van der Waals surface area contributed by atoms with Crippen molar-refractivity contribution in [1.29, 1.82) is 0 Å². The molecule has 0 fully saturated rings. The van der Waals surface area contributed by atoms with Crippen molar-refractivity contribution < 1.29 is 19.1 Å². The van der Waals surface area contributed by atoms with Crippen LogP contribution in [-0.2, 0) is 19.7 Å². The molecule has 1 heterocycles. The molecule has 152 valence electrons. The first kappa shape index (κ1) is 20.6. The second-order valence-electron chi connectivity index (χ2n) is 7.88. The molecule has 0 spiro atoms. The Labute approximate surface area is 171 Å². The normalized spacial score (nSPS) is 13.8. The number of rotatable bonds is 6. The number of hydrogen-bond donors (Lipinski definition) is 0. The molecular formula is C23H26N2O4. The average Bonchev–Trinajstić information content (AvgIpc) is 3.21. The summed E-state index contributed by atoms with van der Waals surface area (Å²) in [6.45, 7) is 6.11. The predicted octanol–water partition coefficient (Wildman–Crippen LogP) is 3.54. The Morgan fingerprint density at radius 1 is 1.00 bits per heavy atom. The van der Waals surface area contributed by atoms with Gasteiger partial charge in [0.05, 0.1) is 12.3 Å². The van der Waals surface area contributed by atoms with E-state index in [0.29, 0.717) is 18.7 Å². The van der Waals surface area contributed by atoms with Gasteiger partial charge in [-0.25, -0.2) is 9.80 Å². The van der Waals surface area contributed by atoms with Crippen LogP contribution in [0.25, 0.3) is 0 Å². The third kappa shape index (κ3) is 5.44. The summed E-state index contributed by atoms with van der Waals surface area (Å²) < 4.78 is 10.7. The quantitative estimate of drug-likeness (QED) is 0.703. The van der Waals surface area contributed by atoms with E-state index >= 15 is 0 Å². The van der Waals surface area contributed by atoms with Crippen molar-refractivity contribution in [2.24, 2.45) is 5.10 Å². The largest absolute Gasteiger partial charge is 0.482 e. The number of nitrogens with zero attached hydrogens (tertiary/aromatic N) is 2. The van der Waals surface area contributed by atoms with Crippen LogP contribution in [0.2, 0.25) is 0 Å². The Kier molecular flexibility index (Phi) is 6.32. The van der Waals surface area contributed by atoms with Crippen molar-refractivity contribution in [3.63, 3.8) is 0 Å². The minimum Gasteiger partial charge on any atom is -0.482 e. The summed E-state index contributed by atoms with van der Waals surface area (Å²) in [4.78, 5) is 24.3. The molecule has 0 bridgehead atoms. The molecule has 6 nitrogen and oxygen atoms in total. The Morgan fingerprint density at radius 3 is 2.41 bits per heavy atom. The molecule has 1 aliphatic rings. The average molecular weight is 394 g/mol. The van der Waals surface area contributed by atoms with Gasteiger partial charge in [0.1, 0.15) is 5.75 Å². The van der Waals surface area contributed by atoms with E-state index in [-0.39, 0.29) is 24.5 Å². The molecule has 0 saturated carbocycles. The number of benzene rings is 2. The molecule has 0 unspecified atom stereocenters. The maximum absolute atomic E-state index is 12.3. The van der Waals surface area contributed by atoms with Crippen LogP contribution in [0.5, 0.6) is 5.75 Å². The van der Waals surface area contributed by atoms with Crippen LogP contribution in [0.3, 0.4) is 0 Å². The molecule has 0 saturated heterocycles. The van der Waals surface area contributed by atoms with Crippen molar-refractivity contribution >= 4 is 17.6 Å². The fourth-order valence-corrected chi connectivity index (χ4v) is 3.08.